The molecule has 0 saturated heterocycles. The molecule has 0 aliphatic rings. The predicted octanol–water partition coefficient (Wildman–Crippen LogP) is 4.54. The van der Waals surface area contributed by atoms with Crippen molar-refractivity contribution >= 4 is 17.3 Å². The van der Waals surface area contributed by atoms with Gasteiger partial charge in [0, 0.05) is 23.5 Å². The molecule has 0 heterocycles. The SMILES string of the molecule is CCOc1ccccc1CNCC(=O)N(c1ccccc1)c1ccccc1. The first kappa shape index (κ1) is 18.7. The highest BCUT2D eigenvalue weighted by molar-refractivity contribution is 6.01. The minimum absolute atomic E-state index is 0.0127. The Hall–Kier alpha value is -3.11. The molecule has 0 spiro atoms. The highest BCUT2D eigenvalue weighted by Gasteiger charge is 2.17. The van der Waals surface area contributed by atoms with Gasteiger partial charge in [0.2, 0.25) is 5.91 Å². The molecule has 0 saturated carbocycles. The second-order valence-corrected chi connectivity index (χ2v) is 6.04. The molecule has 4 nitrogen and oxygen atoms in total. The average Bonchev–Trinajstić information content (AvgIpc) is 2.71. The number of rotatable bonds is 8. The van der Waals surface area contributed by atoms with Gasteiger partial charge in [-0.3, -0.25) is 9.69 Å². The van der Waals surface area contributed by atoms with E-state index in [1.165, 1.54) is 0 Å². The van der Waals surface area contributed by atoms with Crippen molar-refractivity contribution in [2.75, 3.05) is 18.1 Å². The maximum absolute atomic E-state index is 13.0. The molecule has 0 bridgehead atoms. The number of nitrogens with one attached hydrogen (secondary N) is 1. The number of hydrogen-bond donors (Lipinski definition) is 1. The third-order valence-electron chi connectivity index (χ3n) is 4.14. The van der Waals surface area contributed by atoms with E-state index < -0.39 is 0 Å². The van der Waals surface area contributed by atoms with Crippen LogP contribution in [-0.4, -0.2) is 19.1 Å². The van der Waals surface area contributed by atoms with E-state index >= 15 is 0 Å². The molecule has 0 aromatic heterocycles. The standard InChI is InChI=1S/C23H24N2O2/c1-2-27-22-16-10-9-11-19(22)17-24-18-23(26)25(20-12-5-3-6-13-20)21-14-7-4-8-15-21/h3-16,24H,2,17-18H2,1H3. The zero-order chi connectivity index (χ0) is 18.9. The minimum Gasteiger partial charge on any atom is -0.494 e. The third kappa shape index (κ3) is 4.96. The molecule has 0 radical (unpaired) electrons. The highest BCUT2D eigenvalue weighted by Crippen LogP contribution is 2.25. The molecule has 0 aliphatic heterocycles. The van der Waals surface area contributed by atoms with E-state index in [-0.39, 0.29) is 12.5 Å². The number of anilines is 2. The van der Waals surface area contributed by atoms with Gasteiger partial charge in [-0.1, -0.05) is 54.6 Å². The van der Waals surface area contributed by atoms with Crippen LogP contribution < -0.4 is 15.0 Å². The Morgan fingerprint density at radius 3 is 2.00 bits per heavy atom. The lowest BCUT2D eigenvalue weighted by Gasteiger charge is -2.23. The van der Waals surface area contributed by atoms with Crippen molar-refractivity contribution in [3.63, 3.8) is 0 Å². The van der Waals surface area contributed by atoms with Crippen LogP contribution in [0.4, 0.5) is 11.4 Å². The quantitative estimate of drug-likeness (QED) is 0.641. The lowest BCUT2D eigenvalue weighted by atomic mass is 10.2. The summed E-state index contributed by atoms with van der Waals surface area (Å²) in [5.74, 6) is 0.837. The average molecular weight is 360 g/mol. The third-order valence-corrected chi connectivity index (χ3v) is 4.14. The number of hydrogen-bond acceptors (Lipinski definition) is 3. The zero-order valence-electron chi connectivity index (χ0n) is 15.5. The van der Waals surface area contributed by atoms with Crippen molar-refractivity contribution in [3.8, 4) is 5.75 Å². The lowest BCUT2D eigenvalue weighted by Crippen LogP contribution is -2.35. The molecule has 0 atom stereocenters. The van der Waals surface area contributed by atoms with Crippen molar-refractivity contribution in [1.82, 2.24) is 5.32 Å². The van der Waals surface area contributed by atoms with Gasteiger partial charge in [-0.15, -0.1) is 0 Å². The topological polar surface area (TPSA) is 41.6 Å². The van der Waals surface area contributed by atoms with Crippen molar-refractivity contribution < 1.29 is 9.53 Å². The molecule has 27 heavy (non-hydrogen) atoms. The Labute approximate surface area is 160 Å². The maximum Gasteiger partial charge on any atom is 0.245 e. The molecular formula is C23H24N2O2. The Bertz CT molecular complexity index is 811. The molecule has 0 fully saturated rings. The Morgan fingerprint density at radius 1 is 0.852 bits per heavy atom. The van der Waals surface area contributed by atoms with Gasteiger partial charge in [-0.25, -0.2) is 0 Å². The number of carbonyl (C=O) groups excluding carboxylic acids is 1. The number of carbonyl (C=O) groups is 1. The first-order valence-electron chi connectivity index (χ1n) is 9.14. The van der Waals surface area contributed by atoms with Crippen molar-refractivity contribution in [1.29, 1.82) is 0 Å². The number of amides is 1. The maximum atomic E-state index is 13.0. The van der Waals surface area contributed by atoms with Gasteiger partial charge in [-0.2, -0.15) is 0 Å². The van der Waals surface area contributed by atoms with Crippen LogP contribution in [0.25, 0.3) is 0 Å². The summed E-state index contributed by atoms with van der Waals surface area (Å²) >= 11 is 0. The molecule has 3 rings (SSSR count). The van der Waals surface area contributed by atoms with Crippen LogP contribution in [0.3, 0.4) is 0 Å². The number of nitrogens with zero attached hydrogens (tertiary/aromatic N) is 1. The zero-order valence-corrected chi connectivity index (χ0v) is 15.5. The molecule has 1 N–H and O–H groups in total. The first-order valence-corrected chi connectivity index (χ1v) is 9.14. The van der Waals surface area contributed by atoms with Gasteiger partial charge >= 0.3 is 0 Å². The summed E-state index contributed by atoms with van der Waals surface area (Å²) in [5, 5.41) is 3.25. The fourth-order valence-corrected chi connectivity index (χ4v) is 2.92. The van der Waals surface area contributed by atoms with E-state index in [0.717, 1.165) is 22.7 Å². The number of para-hydroxylation sites is 3. The molecule has 3 aromatic carbocycles. The van der Waals surface area contributed by atoms with Crippen molar-refractivity contribution in [3.05, 3.63) is 90.5 Å². The summed E-state index contributed by atoms with van der Waals surface area (Å²) in [6, 6.07) is 27.3. The van der Waals surface area contributed by atoms with E-state index in [4.69, 9.17) is 4.74 Å². The molecule has 4 heteroatoms. The van der Waals surface area contributed by atoms with Crippen LogP contribution in [-0.2, 0) is 11.3 Å². The Morgan fingerprint density at radius 2 is 1.41 bits per heavy atom. The molecule has 0 aliphatic carbocycles. The monoisotopic (exact) mass is 360 g/mol. The van der Waals surface area contributed by atoms with E-state index in [1.54, 1.807) is 4.90 Å². The summed E-state index contributed by atoms with van der Waals surface area (Å²) in [6.45, 7) is 3.38. The number of benzene rings is 3. The van der Waals surface area contributed by atoms with E-state index in [0.29, 0.717) is 13.2 Å². The van der Waals surface area contributed by atoms with Crippen LogP contribution in [0.2, 0.25) is 0 Å². The molecule has 3 aromatic rings. The van der Waals surface area contributed by atoms with Crippen molar-refractivity contribution in [2.24, 2.45) is 0 Å². The summed E-state index contributed by atoms with van der Waals surface area (Å²) in [5.41, 5.74) is 2.74. The first-order chi connectivity index (χ1) is 13.3. The molecular weight excluding hydrogens is 336 g/mol. The summed E-state index contributed by atoms with van der Waals surface area (Å²) < 4.78 is 5.65. The second kappa shape index (κ2) is 9.55. The summed E-state index contributed by atoms with van der Waals surface area (Å²) in [7, 11) is 0. The van der Waals surface area contributed by atoms with Crippen LogP contribution in [0.15, 0.2) is 84.9 Å². The van der Waals surface area contributed by atoms with Crippen LogP contribution in [0.5, 0.6) is 5.75 Å². The number of ether oxygens (including phenoxy) is 1. The van der Waals surface area contributed by atoms with Gasteiger partial charge in [0.25, 0.3) is 0 Å². The summed E-state index contributed by atoms with van der Waals surface area (Å²) in [6.07, 6.45) is 0. The predicted molar refractivity (Wildman–Crippen MR) is 109 cm³/mol. The lowest BCUT2D eigenvalue weighted by molar-refractivity contribution is -0.117. The fraction of sp³-hybridized carbons (Fsp3) is 0.174. The van der Waals surface area contributed by atoms with E-state index in [1.807, 2.05) is 91.9 Å². The Balaban J connectivity index is 1.71. The van der Waals surface area contributed by atoms with E-state index in [9.17, 15) is 4.79 Å². The van der Waals surface area contributed by atoms with Gasteiger partial charge in [0.05, 0.1) is 13.2 Å². The van der Waals surface area contributed by atoms with Crippen LogP contribution in [0.1, 0.15) is 12.5 Å². The van der Waals surface area contributed by atoms with Gasteiger partial charge in [0.15, 0.2) is 0 Å². The van der Waals surface area contributed by atoms with Crippen LogP contribution >= 0.6 is 0 Å². The molecule has 0 unspecified atom stereocenters. The fourth-order valence-electron chi connectivity index (χ4n) is 2.92. The normalized spacial score (nSPS) is 10.4. The second-order valence-electron chi connectivity index (χ2n) is 6.04. The molecule has 138 valence electrons. The van der Waals surface area contributed by atoms with Crippen molar-refractivity contribution in [2.45, 2.75) is 13.5 Å². The summed E-state index contributed by atoms with van der Waals surface area (Å²) in [4.78, 5) is 14.7. The van der Waals surface area contributed by atoms with Crippen LogP contribution in [0, 0.1) is 0 Å². The smallest absolute Gasteiger partial charge is 0.245 e. The van der Waals surface area contributed by atoms with Gasteiger partial charge in [-0.05, 0) is 37.3 Å². The molecule has 1 amide bonds. The van der Waals surface area contributed by atoms with Gasteiger partial charge in [0.1, 0.15) is 5.75 Å². The Kier molecular flexibility index (Phi) is 6.61. The van der Waals surface area contributed by atoms with Gasteiger partial charge < -0.3 is 10.1 Å². The largest absolute Gasteiger partial charge is 0.494 e. The minimum atomic E-state index is -0.0127. The van der Waals surface area contributed by atoms with E-state index in [2.05, 4.69) is 5.32 Å². The highest BCUT2D eigenvalue weighted by atomic mass is 16.5.